The van der Waals surface area contributed by atoms with E-state index in [-0.39, 0.29) is 17.1 Å². The molecule has 35 heavy (non-hydrogen) atoms. The molecule has 0 heterocycles. The van der Waals surface area contributed by atoms with Gasteiger partial charge in [-0.15, -0.1) is 0 Å². The number of carbonyl (C=O) groups excluding carboxylic acids is 3. The highest BCUT2D eigenvalue weighted by Crippen LogP contribution is 2.29. The molecule has 0 atom stereocenters. The van der Waals surface area contributed by atoms with E-state index in [4.69, 9.17) is 25.8 Å². The minimum absolute atomic E-state index is 0.181. The number of rotatable bonds is 7. The Bertz CT molecular complexity index is 1290. The molecule has 0 aliphatic heterocycles. The van der Waals surface area contributed by atoms with Gasteiger partial charge in [-0.05, 0) is 60.5 Å². The first-order valence-corrected chi connectivity index (χ1v) is 10.6. The Morgan fingerprint density at radius 1 is 0.886 bits per heavy atom. The maximum atomic E-state index is 12.6. The minimum Gasteiger partial charge on any atom is -0.496 e. The van der Waals surface area contributed by atoms with Crippen molar-refractivity contribution in [3.63, 3.8) is 0 Å². The number of para-hydroxylation sites is 1. The predicted octanol–water partition coefficient (Wildman–Crippen LogP) is 3.97. The molecule has 180 valence electrons. The first-order valence-electron chi connectivity index (χ1n) is 10.3. The van der Waals surface area contributed by atoms with E-state index in [1.54, 1.807) is 61.5 Å². The highest BCUT2D eigenvalue weighted by molar-refractivity contribution is 6.40. The molecule has 10 heteroatoms. The lowest BCUT2D eigenvalue weighted by molar-refractivity contribution is -0.136. The molecule has 0 aliphatic carbocycles. The number of hydrogen-bond acceptors (Lipinski definition) is 7. The number of carbonyl (C=O) groups is 3. The number of amides is 2. The van der Waals surface area contributed by atoms with E-state index in [9.17, 15) is 14.4 Å². The second-order valence-electron chi connectivity index (χ2n) is 7.07. The molecule has 3 aromatic carbocycles. The minimum atomic E-state index is -0.963. The van der Waals surface area contributed by atoms with Gasteiger partial charge in [0.05, 0.1) is 20.4 Å². The van der Waals surface area contributed by atoms with Gasteiger partial charge in [-0.2, -0.15) is 5.10 Å². The van der Waals surface area contributed by atoms with Crippen LogP contribution in [0.1, 0.15) is 21.5 Å². The maximum absolute atomic E-state index is 12.6. The van der Waals surface area contributed by atoms with Crippen LogP contribution in [0.25, 0.3) is 0 Å². The molecule has 0 fully saturated rings. The zero-order valence-electron chi connectivity index (χ0n) is 19.1. The summed E-state index contributed by atoms with van der Waals surface area (Å²) < 4.78 is 15.9. The van der Waals surface area contributed by atoms with Crippen LogP contribution in [0.5, 0.6) is 17.2 Å². The molecule has 0 spiro atoms. The first-order chi connectivity index (χ1) is 16.8. The van der Waals surface area contributed by atoms with Crippen LogP contribution in [0.4, 0.5) is 5.69 Å². The summed E-state index contributed by atoms with van der Waals surface area (Å²) in [7, 11) is 2.88. The van der Waals surface area contributed by atoms with Gasteiger partial charge in [0.15, 0.2) is 11.5 Å². The molecule has 0 bridgehead atoms. The molecular weight excluding hydrogens is 474 g/mol. The topological polar surface area (TPSA) is 115 Å². The summed E-state index contributed by atoms with van der Waals surface area (Å²) in [5.74, 6) is -1.65. The number of nitrogens with one attached hydrogen (secondary N) is 2. The zero-order valence-corrected chi connectivity index (χ0v) is 19.9. The molecule has 0 radical (unpaired) electrons. The van der Waals surface area contributed by atoms with Crippen LogP contribution in [0, 0.1) is 6.92 Å². The highest BCUT2D eigenvalue weighted by Gasteiger charge is 2.17. The Hall–Kier alpha value is -4.37. The van der Waals surface area contributed by atoms with Gasteiger partial charge in [0.25, 0.3) is 0 Å². The molecule has 9 nitrogen and oxygen atoms in total. The molecule has 0 unspecified atom stereocenters. The van der Waals surface area contributed by atoms with Crippen molar-refractivity contribution in [2.24, 2.45) is 5.10 Å². The number of hydrazone groups is 1. The quantitative estimate of drug-likeness (QED) is 0.168. The number of anilines is 1. The van der Waals surface area contributed by atoms with Gasteiger partial charge in [0.2, 0.25) is 0 Å². The van der Waals surface area contributed by atoms with Crippen LogP contribution >= 0.6 is 11.6 Å². The molecular formula is C25H22ClN3O6. The normalized spacial score (nSPS) is 10.5. The van der Waals surface area contributed by atoms with Crippen LogP contribution in [0.3, 0.4) is 0 Å². The molecule has 0 saturated heterocycles. The van der Waals surface area contributed by atoms with Crippen LogP contribution in [-0.4, -0.2) is 38.2 Å². The number of halogens is 1. The van der Waals surface area contributed by atoms with Crippen LogP contribution in [0.15, 0.2) is 65.8 Å². The van der Waals surface area contributed by atoms with Gasteiger partial charge in [-0.1, -0.05) is 29.8 Å². The van der Waals surface area contributed by atoms with Crippen molar-refractivity contribution in [3.05, 3.63) is 82.4 Å². The highest BCUT2D eigenvalue weighted by atomic mass is 35.5. The Labute approximate surface area is 206 Å². The van der Waals surface area contributed by atoms with Gasteiger partial charge in [0, 0.05) is 10.7 Å². The second-order valence-corrected chi connectivity index (χ2v) is 7.47. The van der Waals surface area contributed by atoms with Crippen molar-refractivity contribution >= 4 is 41.3 Å². The number of ether oxygens (including phenoxy) is 3. The summed E-state index contributed by atoms with van der Waals surface area (Å²) in [5.41, 5.74) is 3.99. The average Bonchev–Trinajstić information content (AvgIpc) is 2.87. The van der Waals surface area contributed by atoms with E-state index in [1.807, 2.05) is 0 Å². The van der Waals surface area contributed by atoms with Crippen molar-refractivity contribution in [3.8, 4) is 17.2 Å². The standard InChI is InChI=1S/C25H22ClN3O6/c1-15-18(26)8-6-9-19(15)28-23(30)24(31)29-27-14-16-11-12-21(22(13-16)34-3)35-25(32)17-7-4-5-10-20(17)33-2/h4-14H,1-3H3,(H,28,30)(H,29,31)/b27-14+. The lowest BCUT2D eigenvalue weighted by atomic mass is 10.2. The van der Waals surface area contributed by atoms with Crippen LogP contribution < -0.4 is 25.0 Å². The van der Waals surface area contributed by atoms with Gasteiger partial charge >= 0.3 is 17.8 Å². The summed E-state index contributed by atoms with van der Waals surface area (Å²) >= 11 is 6.02. The maximum Gasteiger partial charge on any atom is 0.347 e. The number of benzene rings is 3. The SMILES string of the molecule is COc1cc(/C=N/NC(=O)C(=O)Nc2cccc(Cl)c2C)ccc1OC(=O)c1ccccc1OC. The van der Waals surface area contributed by atoms with E-state index in [0.717, 1.165) is 0 Å². The van der Waals surface area contributed by atoms with Crippen LogP contribution in [0.2, 0.25) is 5.02 Å². The van der Waals surface area contributed by atoms with Crippen molar-refractivity contribution in [2.45, 2.75) is 6.92 Å². The third-order valence-electron chi connectivity index (χ3n) is 4.82. The molecule has 2 N–H and O–H groups in total. The molecule has 2 amide bonds. The molecule has 0 aliphatic rings. The fraction of sp³-hybridized carbons (Fsp3) is 0.120. The zero-order chi connectivity index (χ0) is 25.4. The fourth-order valence-corrected chi connectivity index (χ4v) is 3.13. The van der Waals surface area contributed by atoms with Crippen molar-refractivity contribution in [2.75, 3.05) is 19.5 Å². The monoisotopic (exact) mass is 495 g/mol. The second kappa shape index (κ2) is 11.7. The lowest BCUT2D eigenvalue weighted by Gasteiger charge is -2.11. The average molecular weight is 496 g/mol. The first kappa shape index (κ1) is 25.3. The summed E-state index contributed by atoms with van der Waals surface area (Å²) in [4.78, 5) is 36.7. The van der Waals surface area contributed by atoms with E-state index in [2.05, 4.69) is 15.8 Å². The Balaban J connectivity index is 1.64. The third-order valence-corrected chi connectivity index (χ3v) is 5.23. The van der Waals surface area contributed by atoms with Crippen molar-refractivity contribution in [1.82, 2.24) is 5.43 Å². The Morgan fingerprint density at radius 3 is 2.37 bits per heavy atom. The summed E-state index contributed by atoms with van der Waals surface area (Å²) in [6, 6.07) is 16.3. The predicted molar refractivity (Wildman–Crippen MR) is 132 cm³/mol. The van der Waals surface area contributed by atoms with Gasteiger partial charge in [-0.25, -0.2) is 10.2 Å². The largest absolute Gasteiger partial charge is 0.496 e. The smallest absolute Gasteiger partial charge is 0.347 e. The van der Waals surface area contributed by atoms with E-state index in [1.165, 1.54) is 26.5 Å². The van der Waals surface area contributed by atoms with E-state index in [0.29, 0.717) is 27.6 Å². The molecule has 0 saturated carbocycles. The third kappa shape index (κ3) is 6.36. The van der Waals surface area contributed by atoms with E-state index >= 15 is 0 Å². The fourth-order valence-electron chi connectivity index (χ4n) is 2.96. The molecule has 3 rings (SSSR count). The number of esters is 1. The number of nitrogens with zero attached hydrogens (tertiary/aromatic N) is 1. The molecule has 0 aromatic heterocycles. The molecule has 3 aromatic rings. The number of methoxy groups -OCH3 is 2. The Kier molecular flexibility index (Phi) is 8.42. The summed E-state index contributed by atoms with van der Waals surface area (Å²) in [6.45, 7) is 1.72. The van der Waals surface area contributed by atoms with Gasteiger partial charge in [0.1, 0.15) is 11.3 Å². The lowest BCUT2D eigenvalue weighted by Crippen LogP contribution is -2.32. The Morgan fingerprint density at radius 2 is 1.63 bits per heavy atom. The van der Waals surface area contributed by atoms with Gasteiger partial charge in [-0.3, -0.25) is 9.59 Å². The van der Waals surface area contributed by atoms with Crippen LogP contribution in [-0.2, 0) is 9.59 Å². The summed E-state index contributed by atoms with van der Waals surface area (Å²) in [5, 5.41) is 6.73. The van der Waals surface area contributed by atoms with Gasteiger partial charge < -0.3 is 19.5 Å². The number of hydrogen-bond donors (Lipinski definition) is 2. The van der Waals surface area contributed by atoms with Crippen molar-refractivity contribution < 1.29 is 28.6 Å². The van der Waals surface area contributed by atoms with E-state index < -0.39 is 17.8 Å². The van der Waals surface area contributed by atoms with Crippen molar-refractivity contribution in [1.29, 1.82) is 0 Å². The summed E-state index contributed by atoms with van der Waals surface area (Å²) in [6.07, 6.45) is 1.31.